The van der Waals surface area contributed by atoms with Crippen molar-refractivity contribution in [2.24, 2.45) is 23.2 Å². The molecule has 0 unspecified atom stereocenters. The van der Waals surface area contributed by atoms with Crippen LogP contribution < -0.4 is 9.64 Å². The third-order valence-corrected chi connectivity index (χ3v) is 11.2. The van der Waals surface area contributed by atoms with E-state index in [4.69, 9.17) is 4.74 Å². The number of carbonyl (C=O) groups is 1. The Kier molecular flexibility index (Phi) is 7.74. The Morgan fingerprint density at radius 3 is 2.33 bits per heavy atom. The lowest BCUT2D eigenvalue weighted by Gasteiger charge is -2.57. The van der Waals surface area contributed by atoms with Crippen LogP contribution >= 0.6 is 11.3 Å². The van der Waals surface area contributed by atoms with Gasteiger partial charge in [-0.3, -0.25) is 14.7 Å². The first-order valence-corrected chi connectivity index (χ1v) is 16.8. The number of benzene rings is 1. The van der Waals surface area contributed by atoms with E-state index < -0.39 is 0 Å². The predicted molar refractivity (Wildman–Crippen MR) is 170 cm³/mol. The van der Waals surface area contributed by atoms with Crippen molar-refractivity contribution in [2.75, 3.05) is 51.3 Å². The number of rotatable bonds is 9. The maximum Gasteiger partial charge on any atom is 0.253 e. The highest BCUT2D eigenvalue weighted by molar-refractivity contribution is 7.10. The van der Waals surface area contributed by atoms with E-state index in [1.54, 1.807) is 6.20 Å². The minimum Gasteiger partial charge on any atom is -0.492 e. The molecule has 42 heavy (non-hydrogen) atoms. The number of carbonyl (C=O) groups excluding carboxylic acids is 1. The molecule has 4 bridgehead atoms. The molecule has 1 amide bonds. The van der Waals surface area contributed by atoms with Crippen LogP contribution in [0.5, 0.6) is 5.75 Å². The van der Waals surface area contributed by atoms with Crippen molar-refractivity contribution in [1.82, 2.24) is 14.8 Å². The average molecular weight is 585 g/mol. The van der Waals surface area contributed by atoms with E-state index in [-0.39, 0.29) is 5.91 Å². The summed E-state index contributed by atoms with van der Waals surface area (Å²) in [7, 11) is 2.03. The summed E-state index contributed by atoms with van der Waals surface area (Å²) in [6.07, 6.45) is 12.1. The highest BCUT2D eigenvalue weighted by Gasteiger charge is 2.51. The monoisotopic (exact) mass is 584 g/mol. The van der Waals surface area contributed by atoms with Gasteiger partial charge in [0.05, 0.1) is 12.8 Å². The van der Waals surface area contributed by atoms with Crippen LogP contribution in [0.2, 0.25) is 0 Å². The van der Waals surface area contributed by atoms with Gasteiger partial charge >= 0.3 is 0 Å². The fourth-order valence-electron chi connectivity index (χ4n) is 8.92. The van der Waals surface area contributed by atoms with Crippen LogP contribution in [0, 0.1) is 23.2 Å². The molecule has 6 nitrogen and oxygen atoms in total. The smallest absolute Gasteiger partial charge is 0.253 e. The second-order valence-electron chi connectivity index (χ2n) is 13.5. The first kappa shape index (κ1) is 27.9. The highest BCUT2D eigenvalue weighted by atomic mass is 32.1. The molecule has 3 aromatic rings. The zero-order valence-electron chi connectivity index (χ0n) is 25.1. The molecule has 222 valence electrons. The average Bonchev–Trinajstić information content (AvgIpc) is 3.45. The normalized spacial score (nSPS) is 26.9. The van der Waals surface area contributed by atoms with Crippen molar-refractivity contribution in [2.45, 2.75) is 52.0 Å². The standard InChI is InChI=1S/C35H44N4O2S/c1-3-41-32-15-29(20-36-21-32)30-16-33(42-23-30)22-38-8-10-39(11-9-38)31-6-4-28(5-7-31)34(40)37(2)24-35-17-25-12-26(18-35)14-27(13-25)19-35/h4-7,15-16,20-21,23,25-27H,3,8-14,17-19,22,24H2,1-2H3. The third kappa shape index (κ3) is 5.83. The number of ether oxygens (including phenoxy) is 1. The Morgan fingerprint density at radius 1 is 0.976 bits per heavy atom. The first-order valence-electron chi connectivity index (χ1n) is 15.9. The van der Waals surface area contributed by atoms with E-state index in [1.165, 1.54) is 54.7 Å². The fraction of sp³-hybridized carbons (Fsp3) is 0.543. The fourth-order valence-corrected chi connectivity index (χ4v) is 9.85. The minimum atomic E-state index is 0.179. The van der Waals surface area contributed by atoms with Gasteiger partial charge in [0.25, 0.3) is 5.91 Å². The molecule has 7 heteroatoms. The van der Waals surface area contributed by atoms with Gasteiger partial charge in [-0.05, 0) is 116 Å². The lowest BCUT2D eigenvalue weighted by atomic mass is 9.49. The molecule has 1 saturated heterocycles. The molecular weight excluding hydrogens is 540 g/mol. The van der Waals surface area contributed by atoms with Gasteiger partial charge in [0.1, 0.15) is 5.75 Å². The van der Waals surface area contributed by atoms with Crippen LogP contribution in [0.3, 0.4) is 0 Å². The number of hydrogen-bond donors (Lipinski definition) is 0. The van der Waals surface area contributed by atoms with Gasteiger partial charge in [-0.2, -0.15) is 0 Å². The van der Waals surface area contributed by atoms with Gasteiger partial charge in [0, 0.05) is 74.2 Å². The molecule has 0 atom stereocenters. The number of hydrogen-bond acceptors (Lipinski definition) is 6. The maximum atomic E-state index is 13.4. The number of nitrogens with zero attached hydrogens (tertiary/aromatic N) is 4. The third-order valence-electron chi connectivity index (χ3n) is 10.3. The lowest BCUT2D eigenvalue weighted by Crippen LogP contribution is -2.51. The Hall–Kier alpha value is -2.90. The highest BCUT2D eigenvalue weighted by Crippen LogP contribution is 2.60. The van der Waals surface area contributed by atoms with Crippen LogP contribution in [0.15, 0.2) is 54.2 Å². The molecule has 0 N–H and O–H groups in total. The number of thiophene rings is 1. The summed E-state index contributed by atoms with van der Waals surface area (Å²) in [6, 6.07) is 12.8. The Bertz CT molecular complexity index is 1360. The van der Waals surface area contributed by atoms with Gasteiger partial charge in [0.15, 0.2) is 0 Å². The van der Waals surface area contributed by atoms with Crippen molar-refractivity contribution < 1.29 is 9.53 Å². The van der Waals surface area contributed by atoms with Crippen LogP contribution in [0.25, 0.3) is 11.1 Å². The number of amides is 1. The second kappa shape index (κ2) is 11.6. The molecule has 3 heterocycles. The zero-order chi connectivity index (χ0) is 28.7. The van der Waals surface area contributed by atoms with Gasteiger partial charge in [0.2, 0.25) is 0 Å². The Labute approximate surface area is 254 Å². The van der Waals surface area contributed by atoms with Gasteiger partial charge in [-0.1, -0.05) is 0 Å². The van der Waals surface area contributed by atoms with E-state index in [0.717, 1.165) is 73.9 Å². The van der Waals surface area contributed by atoms with Crippen molar-refractivity contribution in [3.8, 4) is 16.9 Å². The molecule has 4 aliphatic carbocycles. The molecule has 1 aromatic carbocycles. The zero-order valence-corrected chi connectivity index (χ0v) is 26.0. The van der Waals surface area contributed by atoms with Crippen LogP contribution in [-0.2, 0) is 6.54 Å². The quantitative estimate of drug-likeness (QED) is 0.276. The van der Waals surface area contributed by atoms with E-state index in [2.05, 4.69) is 44.4 Å². The van der Waals surface area contributed by atoms with Crippen molar-refractivity contribution in [1.29, 1.82) is 0 Å². The Morgan fingerprint density at radius 2 is 1.67 bits per heavy atom. The summed E-state index contributed by atoms with van der Waals surface area (Å²) >= 11 is 1.82. The van der Waals surface area contributed by atoms with Gasteiger partial charge in [-0.25, -0.2) is 0 Å². The molecule has 5 fully saturated rings. The largest absolute Gasteiger partial charge is 0.492 e. The van der Waals surface area contributed by atoms with E-state index >= 15 is 0 Å². The second-order valence-corrected chi connectivity index (χ2v) is 14.5. The number of anilines is 1. The SMILES string of the molecule is CCOc1cncc(-c2csc(CN3CCN(c4ccc(C(=O)N(C)CC56CC7CC(CC(C7)C5)C6)cc4)CC3)c2)c1. The van der Waals surface area contributed by atoms with Crippen LogP contribution in [0.1, 0.15) is 60.7 Å². The summed E-state index contributed by atoms with van der Waals surface area (Å²) in [5.41, 5.74) is 4.74. The molecular formula is C35H44N4O2S. The molecule has 0 radical (unpaired) electrons. The summed E-state index contributed by atoms with van der Waals surface area (Å²) < 4.78 is 5.63. The van der Waals surface area contributed by atoms with Crippen molar-refractivity contribution >= 4 is 22.9 Å². The minimum absolute atomic E-state index is 0.179. The number of piperazine rings is 1. The maximum absolute atomic E-state index is 13.4. The van der Waals surface area contributed by atoms with Crippen LogP contribution in [0.4, 0.5) is 5.69 Å². The molecule has 0 spiro atoms. The Balaban J connectivity index is 0.909. The molecule has 2 aromatic heterocycles. The van der Waals surface area contributed by atoms with E-state index in [1.807, 2.05) is 48.5 Å². The summed E-state index contributed by atoms with van der Waals surface area (Å²) in [6.45, 7) is 8.60. The molecule has 8 rings (SSSR count). The van der Waals surface area contributed by atoms with Gasteiger partial charge < -0.3 is 14.5 Å². The van der Waals surface area contributed by atoms with Crippen LogP contribution in [-0.4, -0.2) is 67.1 Å². The van der Waals surface area contributed by atoms with Crippen molar-refractivity contribution in [3.05, 3.63) is 64.6 Å². The summed E-state index contributed by atoms with van der Waals surface area (Å²) in [5.74, 6) is 3.76. The summed E-state index contributed by atoms with van der Waals surface area (Å²) in [5, 5.41) is 2.22. The lowest BCUT2D eigenvalue weighted by molar-refractivity contribution is -0.0629. The van der Waals surface area contributed by atoms with Crippen molar-refractivity contribution in [3.63, 3.8) is 0 Å². The number of aromatic nitrogens is 1. The first-order chi connectivity index (χ1) is 20.4. The topological polar surface area (TPSA) is 48.9 Å². The molecule has 1 aliphatic heterocycles. The molecule has 5 aliphatic rings. The van der Waals surface area contributed by atoms with Gasteiger partial charge in [-0.15, -0.1) is 11.3 Å². The van der Waals surface area contributed by atoms with E-state index in [9.17, 15) is 4.79 Å². The number of pyridine rings is 1. The summed E-state index contributed by atoms with van der Waals surface area (Å²) in [4.78, 5) is 26.2. The molecule has 4 saturated carbocycles. The van der Waals surface area contributed by atoms with E-state index in [0.29, 0.717) is 12.0 Å². The predicted octanol–water partition coefficient (Wildman–Crippen LogP) is 6.82.